The van der Waals surface area contributed by atoms with Crippen molar-refractivity contribution in [3.8, 4) is 0 Å². The van der Waals surface area contributed by atoms with Crippen LogP contribution in [0.1, 0.15) is 27.2 Å². The van der Waals surface area contributed by atoms with Gasteiger partial charge in [0.1, 0.15) is 0 Å². The van der Waals surface area contributed by atoms with Crippen LogP contribution in [0.2, 0.25) is 0 Å². The van der Waals surface area contributed by atoms with Gasteiger partial charge in [-0.3, -0.25) is 4.79 Å². The van der Waals surface area contributed by atoms with Crippen LogP contribution in [0.5, 0.6) is 0 Å². The highest BCUT2D eigenvalue weighted by atomic mass is 32.2. The van der Waals surface area contributed by atoms with E-state index >= 15 is 0 Å². The van der Waals surface area contributed by atoms with E-state index in [0.29, 0.717) is 13.0 Å². The Morgan fingerprint density at radius 2 is 2.00 bits per heavy atom. The van der Waals surface area contributed by atoms with E-state index in [-0.39, 0.29) is 18.2 Å². The van der Waals surface area contributed by atoms with Crippen LogP contribution >= 0.6 is 0 Å². The molecule has 0 radical (unpaired) electrons. The Bertz CT molecular complexity index is 431. The van der Waals surface area contributed by atoms with Crippen molar-refractivity contribution >= 4 is 16.0 Å². The minimum Gasteiger partial charge on any atom is -0.481 e. The van der Waals surface area contributed by atoms with Gasteiger partial charge in [0.15, 0.2) is 0 Å². The van der Waals surface area contributed by atoms with E-state index in [1.165, 1.54) is 11.4 Å². The van der Waals surface area contributed by atoms with Gasteiger partial charge in [0.2, 0.25) is 10.0 Å². The van der Waals surface area contributed by atoms with Crippen LogP contribution in [0.15, 0.2) is 0 Å². The molecule has 1 aliphatic rings. The van der Waals surface area contributed by atoms with Crippen molar-refractivity contribution in [2.24, 2.45) is 11.8 Å². The molecule has 6 nitrogen and oxygen atoms in total. The van der Waals surface area contributed by atoms with Crippen molar-refractivity contribution in [2.75, 3.05) is 26.0 Å². The number of piperidine rings is 1. The summed E-state index contributed by atoms with van der Waals surface area (Å²) in [6.07, 6.45) is 0.523. The van der Waals surface area contributed by atoms with Crippen LogP contribution in [0.4, 0.5) is 0 Å². The van der Waals surface area contributed by atoms with Gasteiger partial charge >= 0.3 is 5.97 Å². The highest BCUT2D eigenvalue weighted by Gasteiger charge is 2.38. The number of methoxy groups -OCH3 is 1. The van der Waals surface area contributed by atoms with Crippen LogP contribution < -0.4 is 0 Å². The quantitative estimate of drug-likeness (QED) is 0.810. The molecule has 2 unspecified atom stereocenters. The number of aliphatic carboxylic acids is 1. The molecule has 2 atom stereocenters. The lowest BCUT2D eigenvalue weighted by molar-refractivity contribution is -0.143. The lowest BCUT2D eigenvalue weighted by atomic mass is 9.92. The summed E-state index contributed by atoms with van der Waals surface area (Å²) in [5.41, 5.74) is -0.780. The standard InChI is InChI=1S/C12H23NO5S/c1-9-5-10(11(14)15)7-13(6-9)19(16,17)8-12(2,3)18-4/h9-10H,5-8H2,1-4H3,(H,14,15). The summed E-state index contributed by atoms with van der Waals surface area (Å²) in [6, 6.07) is 0. The Morgan fingerprint density at radius 3 is 2.47 bits per heavy atom. The van der Waals surface area contributed by atoms with Crippen molar-refractivity contribution in [3.05, 3.63) is 0 Å². The average Bonchev–Trinajstić information content (AvgIpc) is 2.26. The van der Waals surface area contributed by atoms with E-state index in [4.69, 9.17) is 9.84 Å². The molecule has 1 saturated heterocycles. The van der Waals surface area contributed by atoms with Gasteiger partial charge in [0.05, 0.1) is 17.3 Å². The molecule has 0 aromatic carbocycles. The molecular weight excluding hydrogens is 270 g/mol. The number of carbonyl (C=O) groups is 1. The van der Waals surface area contributed by atoms with Crippen LogP contribution in [-0.4, -0.2) is 55.4 Å². The normalized spacial score (nSPS) is 26.3. The minimum absolute atomic E-state index is 0.0512. The third-order valence-corrected chi connectivity index (χ3v) is 5.60. The number of carboxylic acid groups (broad SMARTS) is 1. The molecule has 0 saturated carbocycles. The first-order valence-electron chi connectivity index (χ1n) is 6.33. The van der Waals surface area contributed by atoms with Crippen molar-refractivity contribution in [2.45, 2.75) is 32.8 Å². The molecule has 1 heterocycles. The summed E-state index contributed by atoms with van der Waals surface area (Å²) in [7, 11) is -2.04. The average molecular weight is 293 g/mol. The van der Waals surface area contributed by atoms with Crippen LogP contribution in [0.25, 0.3) is 0 Å². The smallest absolute Gasteiger partial charge is 0.307 e. The first-order chi connectivity index (χ1) is 8.57. The first-order valence-corrected chi connectivity index (χ1v) is 7.94. The minimum atomic E-state index is -3.51. The zero-order valence-electron chi connectivity index (χ0n) is 11.9. The topological polar surface area (TPSA) is 83.9 Å². The Morgan fingerprint density at radius 1 is 1.42 bits per heavy atom. The number of nitrogens with zero attached hydrogens (tertiary/aromatic N) is 1. The van der Waals surface area contributed by atoms with Crippen molar-refractivity contribution < 1.29 is 23.1 Å². The molecule has 0 spiro atoms. The molecule has 0 amide bonds. The van der Waals surface area contributed by atoms with Crippen molar-refractivity contribution in [1.29, 1.82) is 0 Å². The van der Waals surface area contributed by atoms with Crippen LogP contribution in [0.3, 0.4) is 0 Å². The Balaban J connectivity index is 2.85. The monoisotopic (exact) mass is 293 g/mol. The summed E-state index contributed by atoms with van der Waals surface area (Å²) < 4.78 is 31.1. The van der Waals surface area contributed by atoms with Crippen LogP contribution in [-0.2, 0) is 19.6 Å². The largest absolute Gasteiger partial charge is 0.481 e. The van der Waals surface area contributed by atoms with Gasteiger partial charge in [0, 0.05) is 20.2 Å². The molecular formula is C12H23NO5S. The van der Waals surface area contributed by atoms with E-state index in [9.17, 15) is 13.2 Å². The van der Waals surface area contributed by atoms with E-state index in [1.807, 2.05) is 6.92 Å². The van der Waals surface area contributed by atoms with E-state index in [1.54, 1.807) is 13.8 Å². The molecule has 1 rings (SSSR count). The molecule has 7 heteroatoms. The fourth-order valence-electron chi connectivity index (χ4n) is 2.30. The molecule has 0 aromatic rings. The maximum atomic E-state index is 12.3. The van der Waals surface area contributed by atoms with Crippen LogP contribution in [0, 0.1) is 11.8 Å². The SMILES string of the molecule is COC(C)(C)CS(=O)(=O)N1CC(C)CC(C(=O)O)C1. The van der Waals surface area contributed by atoms with Gasteiger partial charge in [0.25, 0.3) is 0 Å². The number of ether oxygens (including phenoxy) is 1. The number of rotatable bonds is 5. The number of carboxylic acids is 1. The summed E-state index contributed by atoms with van der Waals surface area (Å²) in [5.74, 6) is -1.65. The van der Waals surface area contributed by atoms with Gasteiger partial charge in [-0.25, -0.2) is 12.7 Å². The maximum absolute atomic E-state index is 12.3. The molecule has 1 aliphatic heterocycles. The fourth-order valence-corrected chi connectivity index (χ4v) is 4.37. The van der Waals surface area contributed by atoms with E-state index < -0.39 is 27.5 Å². The third-order valence-electron chi connectivity index (χ3n) is 3.45. The maximum Gasteiger partial charge on any atom is 0.307 e. The predicted octanol–water partition coefficient (Wildman–Crippen LogP) is 0.784. The first kappa shape index (κ1) is 16.4. The molecule has 112 valence electrons. The second-order valence-corrected chi connectivity index (χ2v) is 7.88. The van der Waals surface area contributed by atoms with Crippen molar-refractivity contribution in [3.63, 3.8) is 0 Å². The number of sulfonamides is 1. The molecule has 19 heavy (non-hydrogen) atoms. The highest BCUT2D eigenvalue weighted by Crippen LogP contribution is 2.25. The summed E-state index contributed by atoms with van der Waals surface area (Å²) in [5, 5.41) is 9.07. The number of hydrogen-bond acceptors (Lipinski definition) is 4. The zero-order chi connectivity index (χ0) is 14.8. The fraction of sp³-hybridized carbons (Fsp3) is 0.917. The van der Waals surface area contributed by atoms with Gasteiger partial charge < -0.3 is 9.84 Å². The number of hydrogen-bond donors (Lipinski definition) is 1. The van der Waals surface area contributed by atoms with Gasteiger partial charge in [-0.1, -0.05) is 6.92 Å². The van der Waals surface area contributed by atoms with E-state index in [0.717, 1.165) is 0 Å². The highest BCUT2D eigenvalue weighted by molar-refractivity contribution is 7.89. The third kappa shape index (κ3) is 4.43. The molecule has 0 aliphatic carbocycles. The second-order valence-electron chi connectivity index (χ2n) is 5.91. The van der Waals surface area contributed by atoms with Crippen molar-refractivity contribution in [1.82, 2.24) is 4.31 Å². The van der Waals surface area contributed by atoms with E-state index in [2.05, 4.69) is 0 Å². The Hall–Kier alpha value is -0.660. The summed E-state index contributed by atoms with van der Waals surface area (Å²) in [6.45, 7) is 5.71. The Kier molecular flexibility index (Phi) is 4.97. The molecule has 1 fully saturated rings. The molecule has 1 N–H and O–H groups in total. The molecule has 0 aromatic heterocycles. The lowest BCUT2D eigenvalue weighted by Gasteiger charge is -2.35. The zero-order valence-corrected chi connectivity index (χ0v) is 12.7. The van der Waals surface area contributed by atoms with Gasteiger partial charge in [-0.15, -0.1) is 0 Å². The summed E-state index contributed by atoms with van der Waals surface area (Å²) in [4.78, 5) is 11.1. The second kappa shape index (κ2) is 5.76. The predicted molar refractivity (Wildman–Crippen MR) is 71.4 cm³/mol. The summed E-state index contributed by atoms with van der Waals surface area (Å²) >= 11 is 0. The molecule has 0 bridgehead atoms. The van der Waals surface area contributed by atoms with Gasteiger partial charge in [-0.2, -0.15) is 0 Å². The lowest BCUT2D eigenvalue weighted by Crippen LogP contribution is -2.49. The van der Waals surface area contributed by atoms with Gasteiger partial charge in [-0.05, 0) is 26.2 Å². The Labute approximate surface area is 114 Å².